The quantitative estimate of drug-likeness (QED) is 0.231. The van der Waals surface area contributed by atoms with Crippen molar-refractivity contribution in [1.82, 2.24) is 30.4 Å². The minimum Gasteiger partial charge on any atom is -0.497 e. The van der Waals surface area contributed by atoms with Gasteiger partial charge in [0.1, 0.15) is 25.0 Å². The smallest absolute Gasteiger partial charge is 0.270 e. The molecule has 2 radical (unpaired) electrons. The molecule has 5 rings (SSSR count). The Bertz CT molecular complexity index is 1620. The van der Waals surface area contributed by atoms with E-state index in [1.165, 1.54) is 0 Å². The van der Waals surface area contributed by atoms with Gasteiger partial charge in [-0.1, -0.05) is 30.6 Å². The van der Waals surface area contributed by atoms with Crippen molar-refractivity contribution in [2.24, 2.45) is 0 Å². The molecule has 1 fully saturated rings. The largest absolute Gasteiger partial charge is 0.497 e. The highest BCUT2D eigenvalue weighted by atomic mass is 16.5. The van der Waals surface area contributed by atoms with Crippen molar-refractivity contribution >= 4 is 41.8 Å². The van der Waals surface area contributed by atoms with Crippen molar-refractivity contribution in [3.8, 4) is 5.75 Å². The van der Waals surface area contributed by atoms with Crippen molar-refractivity contribution in [3.63, 3.8) is 0 Å². The fourth-order valence-electron chi connectivity index (χ4n) is 5.21. The molecular weight excluding hydrogens is 545 g/mol. The number of fused-ring (bicyclic) bond motifs is 1. The molecule has 0 aliphatic carbocycles. The van der Waals surface area contributed by atoms with Crippen LogP contribution in [0.5, 0.6) is 5.75 Å². The number of carbonyl (C=O) groups excluding carboxylic acids is 2. The summed E-state index contributed by atoms with van der Waals surface area (Å²) in [4.78, 5) is 35.4. The zero-order chi connectivity index (χ0) is 30.3. The fraction of sp³-hybridized carbons (Fsp3) is 0.387. The van der Waals surface area contributed by atoms with Crippen LogP contribution in [0.15, 0.2) is 42.6 Å². The Balaban J connectivity index is 1.32. The Morgan fingerprint density at radius 3 is 2.42 bits per heavy atom. The number of aryl methyl sites for hydroxylation is 2. The van der Waals surface area contributed by atoms with Crippen LogP contribution in [-0.4, -0.2) is 65.8 Å². The van der Waals surface area contributed by atoms with Gasteiger partial charge >= 0.3 is 0 Å². The van der Waals surface area contributed by atoms with Gasteiger partial charge in [0.15, 0.2) is 5.65 Å². The summed E-state index contributed by atoms with van der Waals surface area (Å²) in [6.45, 7) is 6.69. The number of aromatic nitrogens is 4. The van der Waals surface area contributed by atoms with Gasteiger partial charge in [-0.15, -0.1) is 0 Å². The molecule has 1 aliphatic rings. The Kier molecular flexibility index (Phi) is 9.56. The average Bonchev–Trinajstić information content (AvgIpc) is 3.46. The standard InChI is InChI=1S/C31H36BN7O4/c1-4-24-21(28(36-20-11-13-43-14-12-20)22-18-35-39(5-2)29(22)38-24)17-34-31(41)26-8-6-7-25(37-26)30(40)33-16-19-9-10-27(42-3)23(32)15-19/h6-10,15,18,20H,4-5,11-14,16-17H2,1-3H3,(H,33,40)(H,34,41)(H,36,38). The van der Waals surface area contributed by atoms with Crippen LogP contribution in [0.3, 0.4) is 0 Å². The van der Waals surface area contributed by atoms with Gasteiger partial charge in [-0.05, 0) is 49.9 Å². The van der Waals surface area contributed by atoms with Crippen LogP contribution in [0.2, 0.25) is 0 Å². The summed E-state index contributed by atoms with van der Waals surface area (Å²) in [6.07, 6.45) is 4.31. The second-order valence-corrected chi connectivity index (χ2v) is 10.3. The van der Waals surface area contributed by atoms with Gasteiger partial charge in [0.25, 0.3) is 11.8 Å². The van der Waals surface area contributed by atoms with Gasteiger partial charge in [0, 0.05) is 50.1 Å². The maximum Gasteiger partial charge on any atom is 0.270 e. The highest BCUT2D eigenvalue weighted by Crippen LogP contribution is 2.31. The molecule has 1 aromatic carbocycles. The highest BCUT2D eigenvalue weighted by Gasteiger charge is 2.22. The number of amides is 2. The van der Waals surface area contributed by atoms with Crippen molar-refractivity contribution in [1.29, 1.82) is 0 Å². The molecule has 222 valence electrons. The summed E-state index contributed by atoms with van der Waals surface area (Å²) < 4.78 is 12.6. The minimum atomic E-state index is -0.400. The molecular formula is C31H36BN7O4. The van der Waals surface area contributed by atoms with Gasteiger partial charge in [-0.2, -0.15) is 5.10 Å². The predicted octanol–water partition coefficient (Wildman–Crippen LogP) is 2.66. The summed E-state index contributed by atoms with van der Waals surface area (Å²) in [7, 11) is 7.52. The van der Waals surface area contributed by atoms with Gasteiger partial charge < -0.3 is 25.4 Å². The van der Waals surface area contributed by atoms with E-state index < -0.39 is 5.91 Å². The highest BCUT2D eigenvalue weighted by molar-refractivity contribution is 6.34. The lowest BCUT2D eigenvalue weighted by atomic mass is 9.93. The molecule has 12 heteroatoms. The summed E-state index contributed by atoms with van der Waals surface area (Å²) in [5, 5.41) is 15.0. The molecule has 3 N–H and O–H groups in total. The molecule has 0 saturated carbocycles. The van der Waals surface area contributed by atoms with Crippen LogP contribution in [0.1, 0.15) is 64.5 Å². The molecule has 4 heterocycles. The first-order valence-corrected chi connectivity index (χ1v) is 14.6. The van der Waals surface area contributed by atoms with Crippen LogP contribution in [0, 0.1) is 0 Å². The number of carbonyl (C=O) groups is 2. The second-order valence-electron chi connectivity index (χ2n) is 10.3. The second kappa shape index (κ2) is 13.7. The number of ether oxygens (including phenoxy) is 2. The summed E-state index contributed by atoms with van der Waals surface area (Å²) in [5.41, 5.74) is 5.14. The van der Waals surface area contributed by atoms with Crippen molar-refractivity contribution in [2.45, 2.75) is 58.8 Å². The Morgan fingerprint density at radius 2 is 1.77 bits per heavy atom. The van der Waals surface area contributed by atoms with Crippen molar-refractivity contribution in [2.75, 3.05) is 25.6 Å². The third-order valence-electron chi connectivity index (χ3n) is 7.56. The molecule has 0 atom stereocenters. The molecule has 0 spiro atoms. The SMILES string of the molecule is [B]c1cc(CNC(=O)c2cccc(C(=O)NCc3c(CC)nc4c(cnn4CC)c3NC3CCOCC3)n2)ccc1OC. The Morgan fingerprint density at radius 1 is 1.05 bits per heavy atom. The Labute approximate surface area is 252 Å². The van der Waals surface area contributed by atoms with E-state index in [2.05, 4.69) is 26.0 Å². The number of methoxy groups -OCH3 is 1. The topological polar surface area (TPSA) is 132 Å². The van der Waals surface area contributed by atoms with Crippen LogP contribution >= 0.6 is 0 Å². The molecule has 2 amide bonds. The van der Waals surface area contributed by atoms with E-state index in [9.17, 15) is 9.59 Å². The van der Waals surface area contributed by atoms with Crippen LogP contribution in [0.25, 0.3) is 11.0 Å². The molecule has 43 heavy (non-hydrogen) atoms. The number of pyridine rings is 2. The fourth-order valence-corrected chi connectivity index (χ4v) is 5.21. The first kappa shape index (κ1) is 30.0. The Hall–Kier alpha value is -4.45. The third-order valence-corrected chi connectivity index (χ3v) is 7.56. The minimum absolute atomic E-state index is 0.139. The molecule has 3 aromatic heterocycles. The molecule has 4 aromatic rings. The number of hydrogen-bond donors (Lipinski definition) is 3. The number of rotatable bonds is 11. The third kappa shape index (κ3) is 6.80. The van der Waals surface area contributed by atoms with Crippen LogP contribution in [-0.2, 0) is 30.8 Å². The first-order chi connectivity index (χ1) is 20.9. The summed E-state index contributed by atoms with van der Waals surface area (Å²) in [6, 6.07) is 10.4. The predicted molar refractivity (Wildman–Crippen MR) is 165 cm³/mol. The monoisotopic (exact) mass is 581 g/mol. The lowest BCUT2D eigenvalue weighted by Gasteiger charge is -2.26. The molecule has 0 bridgehead atoms. The van der Waals surface area contributed by atoms with Gasteiger partial charge in [-0.3, -0.25) is 9.59 Å². The molecule has 1 saturated heterocycles. The number of nitrogens with zero attached hydrogens (tertiary/aromatic N) is 4. The number of hydrogen-bond acceptors (Lipinski definition) is 8. The summed E-state index contributed by atoms with van der Waals surface area (Å²) >= 11 is 0. The molecule has 11 nitrogen and oxygen atoms in total. The summed E-state index contributed by atoms with van der Waals surface area (Å²) in [5.74, 6) is -0.219. The van der Waals surface area contributed by atoms with Crippen LogP contribution in [0.4, 0.5) is 5.69 Å². The zero-order valence-corrected chi connectivity index (χ0v) is 24.8. The molecule has 0 unspecified atom stereocenters. The van der Waals surface area contributed by atoms with Crippen LogP contribution < -0.4 is 26.2 Å². The number of benzene rings is 1. The lowest BCUT2D eigenvalue weighted by Crippen LogP contribution is -2.30. The lowest BCUT2D eigenvalue weighted by molar-refractivity contribution is 0.0904. The number of nitrogens with one attached hydrogen (secondary N) is 3. The van der Waals surface area contributed by atoms with Gasteiger partial charge in [0.05, 0.1) is 24.4 Å². The van der Waals surface area contributed by atoms with E-state index in [0.29, 0.717) is 37.4 Å². The maximum absolute atomic E-state index is 13.3. The van der Waals surface area contributed by atoms with E-state index in [1.807, 2.05) is 30.8 Å². The zero-order valence-electron chi connectivity index (χ0n) is 24.8. The van der Waals surface area contributed by atoms with Crippen molar-refractivity contribution in [3.05, 3.63) is 70.8 Å². The van der Waals surface area contributed by atoms with E-state index >= 15 is 0 Å². The van der Waals surface area contributed by atoms with Gasteiger partial charge in [0.2, 0.25) is 0 Å². The molecule has 1 aliphatic heterocycles. The average molecular weight is 581 g/mol. The van der Waals surface area contributed by atoms with E-state index in [1.54, 1.807) is 37.4 Å². The normalized spacial score (nSPS) is 13.6. The van der Waals surface area contributed by atoms with E-state index in [-0.39, 0.29) is 36.4 Å². The maximum atomic E-state index is 13.3. The first-order valence-electron chi connectivity index (χ1n) is 14.6. The number of anilines is 1. The van der Waals surface area contributed by atoms with E-state index in [4.69, 9.17) is 22.3 Å². The van der Waals surface area contributed by atoms with E-state index in [0.717, 1.165) is 46.4 Å². The van der Waals surface area contributed by atoms with Gasteiger partial charge in [-0.25, -0.2) is 14.6 Å². The van der Waals surface area contributed by atoms with Crippen molar-refractivity contribution < 1.29 is 19.1 Å².